The van der Waals surface area contributed by atoms with E-state index in [4.69, 9.17) is 4.74 Å². The molecule has 0 unspecified atom stereocenters. The summed E-state index contributed by atoms with van der Waals surface area (Å²) >= 11 is 1.70. The van der Waals surface area contributed by atoms with Crippen molar-refractivity contribution in [3.05, 3.63) is 77.9 Å². The molecule has 1 aliphatic rings. The van der Waals surface area contributed by atoms with Crippen LogP contribution in [0.25, 0.3) is 21.2 Å². The zero-order valence-corrected chi connectivity index (χ0v) is 17.2. The van der Waals surface area contributed by atoms with Gasteiger partial charge in [-0.25, -0.2) is 0 Å². The molecule has 0 radical (unpaired) electrons. The van der Waals surface area contributed by atoms with Crippen molar-refractivity contribution in [3.8, 4) is 11.1 Å². The molecule has 6 heteroatoms. The lowest BCUT2D eigenvalue weighted by atomic mass is 10.0. The number of fused-ring (bicyclic) bond motifs is 1. The summed E-state index contributed by atoms with van der Waals surface area (Å²) in [7, 11) is 0. The minimum Gasteiger partial charge on any atom is -0.378 e. The van der Waals surface area contributed by atoms with Crippen LogP contribution in [0.4, 0.5) is 11.4 Å². The monoisotopic (exact) mass is 415 g/mol. The Morgan fingerprint density at radius 3 is 2.67 bits per heavy atom. The van der Waals surface area contributed by atoms with E-state index < -0.39 is 0 Å². The zero-order chi connectivity index (χ0) is 20.3. The first-order chi connectivity index (χ1) is 14.8. The summed E-state index contributed by atoms with van der Waals surface area (Å²) < 4.78 is 6.63. The van der Waals surface area contributed by atoms with Gasteiger partial charge in [-0.15, -0.1) is 11.3 Å². The van der Waals surface area contributed by atoms with Crippen LogP contribution in [0.2, 0.25) is 0 Å². The highest BCUT2D eigenvalue weighted by atomic mass is 32.1. The topological polar surface area (TPSA) is 54.5 Å². The molecule has 1 saturated heterocycles. The third kappa shape index (κ3) is 3.79. The van der Waals surface area contributed by atoms with E-state index in [-0.39, 0.29) is 5.91 Å². The van der Waals surface area contributed by atoms with E-state index in [9.17, 15) is 4.79 Å². The molecule has 150 valence electrons. The van der Waals surface area contributed by atoms with Gasteiger partial charge in [0.05, 0.1) is 18.8 Å². The van der Waals surface area contributed by atoms with Crippen LogP contribution >= 0.6 is 11.3 Å². The number of pyridine rings is 1. The van der Waals surface area contributed by atoms with Crippen LogP contribution in [0.15, 0.2) is 72.4 Å². The second-order valence-corrected chi connectivity index (χ2v) is 8.12. The van der Waals surface area contributed by atoms with E-state index in [1.807, 2.05) is 48.7 Å². The van der Waals surface area contributed by atoms with Crippen molar-refractivity contribution in [2.75, 3.05) is 36.5 Å². The first-order valence-corrected chi connectivity index (χ1v) is 10.8. The lowest BCUT2D eigenvalue weighted by Gasteiger charge is -2.28. The number of ether oxygens (including phenoxy) is 1. The molecule has 0 atom stereocenters. The number of amides is 1. The zero-order valence-electron chi connectivity index (χ0n) is 16.4. The number of hydrogen-bond acceptors (Lipinski definition) is 5. The Hall–Kier alpha value is -3.22. The number of rotatable bonds is 4. The van der Waals surface area contributed by atoms with Crippen molar-refractivity contribution in [2.24, 2.45) is 0 Å². The van der Waals surface area contributed by atoms with Crippen molar-refractivity contribution in [1.29, 1.82) is 0 Å². The van der Waals surface area contributed by atoms with E-state index in [0.29, 0.717) is 5.56 Å². The summed E-state index contributed by atoms with van der Waals surface area (Å²) in [6.07, 6.45) is 3.41. The van der Waals surface area contributed by atoms with E-state index >= 15 is 0 Å². The number of nitrogens with zero attached hydrogens (tertiary/aromatic N) is 2. The molecular formula is C24H21N3O2S. The fourth-order valence-electron chi connectivity index (χ4n) is 3.69. The lowest BCUT2D eigenvalue weighted by Crippen LogP contribution is -2.36. The average molecular weight is 416 g/mol. The Labute approximate surface area is 178 Å². The van der Waals surface area contributed by atoms with Gasteiger partial charge in [0.1, 0.15) is 0 Å². The summed E-state index contributed by atoms with van der Waals surface area (Å²) in [5.74, 6) is -0.164. The number of carbonyl (C=O) groups is 1. The van der Waals surface area contributed by atoms with Crippen LogP contribution in [0, 0.1) is 0 Å². The minimum atomic E-state index is -0.164. The number of hydrogen-bond donors (Lipinski definition) is 1. The Balaban J connectivity index is 1.33. The maximum Gasteiger partial charge on any atom is 0.257 e. The number of anilines is 2. The maximum atomic E-state index is 12.8. The van der Waals surface area contributed by atoms with Crippen molar-refractivity contribution in [1.82, 2.24) is 4.98 Å². The predicted molar refractivity (Wildman–Crippen MR) is 122 cm³/mol. The third-order valence-electron chi connectivity index (χ3n) is 5.29. The first kappa shape index (κ1) is 18.8. The molecule has 0 bridgehead atoms. The molecule has 2 aromatic carbocycles. The van der Waals surface area contributed by atoms with Crippen molar-refractivity contribution >= 4 is 38.7 Å². The van der Waals surface area contributed by atoms with Gasteiger partial charge < -0.3 is 15.0 Å². The molecule has 0 aliphatic carbocycles. The molecule has 0 spiro atoms. The fraction of sp³-hybridized carbons (Fsp3) is 0.167. The molecule has 1 fully saturated rings. The Morgan fingerprint density at radius 1 is 1.03 bits per heavy atom. The van der Waals surface area contributed by atoms with Crippen LogP contribution < -0.4 is 10.2 Å². The first-order valence-electron chi connectivity index (χ1n) is 9.94. The van der Waals surface area contributed by atoms with Gasteiger partial charge in [0.2, 0.25) is 0 Å². The highest BCUT2D eigenvalue weighted by molar-refractivity contribution is 7.17. The maximum absolute atomic E-state index is 12.8. The minimum absolute atomic E-state index is 0.164. The highest BCUT2D eigenvalue weighted by Crippen LogP contribution is 2.33. The van der Waals surface area contributed by atoms with E-state index in [2.05, 4.69) is 32.7 Å². The van der Waals surface area contributed by atoms with E-state index in [1.54, 1.807) is 17.5 Å². The van der Waals surface area contributed by atoms with Gasteiger partial charge in [-0.05, 0) is 41.8 Å². The molecule has 5 rings (SSSR count). The van der Waals surface area contributed by atoms with Gasteiger partial charge in [0.15, 0.2) is 0 Å². The Bertz CT molecular complexity index is 1180. The van der Waals surface area contributed by atoms with Gasteiger partial charge >= 0.3 is 0 Å². The number of benzene rings is 2. The predicted octanol–water partition coefficient (Wildman–Crippen LogP) is 5.05. The van der Waals surface area contributed by atoms with Gasteiger partial charge in [-0.3, -0.25) is 9.78 Å². The largest absolute Gasteiger partial charge is 0.378 e. The molecule has 1 N–H and O–H groups in total. The van der Waals surface area contributed by atoms with E-state index in [0.717, 1.165) is 48.8 Å². The molecular weight excluding hydrogens is 394 g/mol. The normalized spacial score (nSPS) is 14.1. The number of thiophene rings is 1. The summed E-state index contributed by atoms with van der Waals surface area (Å²) in [4.78, 5) is 19.4. The van der Waals surface area contributed by atoms with Crippen molar-refractivity contribution in [3.63, 3.8) is 0 Å². The van der Waals surface area contributed by atoms with Crippen LogP contribution in [0.1, 0.15) is 10.4 Å². The summed E-state index contributed by atoms with van der Waals surface area (Å²) in [5.41, 5.74) is 4.50. The molecule has 1 amide bonds. The molecule has 5 nitrogen and oxygen atoms in total. The molecule has 0 saturated carbocycles. The van der Waals surface area contributed by atoms with Gasteiger partial charge in [0, 0.05) is 58.1 Å². The SMILES string of the molecule is O=C(Nc1ccc(N2CCOCC2)cc1)c1cncc(-c2csc3ccccc23)c1. The number of morpholine rings is 1. The average Bonchev–Trinajstić information content (AvgIpc) is 3.24. The van der Waals surface area contributed by atoms with Gasteiger partial charge in [0.25, 0.3) is 5.91 Å². The molecule has 3 heterocycles. The molecule has 1 aliphatic heterocycles. The number of carbonyl (C=O) groups excluding carboxylic acids is 1. The number of aromatic nitrogens is 1. The quantitative estimate of drug-likeness (QED) is 0.507. The molecule has 2 aromatic heterocycles. The second kappa shape index (κ2) is 8.26. The van der Waals surface area contributed by atoms with E-state index in [1.165, 1.54) is 10.1 Å². The highest BCUT2D eigenvalue weighted by Gasteiger charge is 2.13. The summed E-state index contributed by atoms with van der Waals surface area (Å²) in [5, 5.41) is 6.28. The van der Waals surface area contributed by atoms with Crippen LogP contribution in [-0.2, 0) is 4.74 Å². The van der Waals surface area contributed by atoms with Crippen LogP contribution in [0.5, 0.6) is 0 Å². The number of nitrogens with one attached hydrogen (secondary N) is 1. The van der Waals surface area contributed by atoms with Crippen molar-refractivity contribution < 1.29 is 9.53 Å². The molecule has 30 heavy (non-hydrogen) atoms. The summed E-state index contributed by atoms with van der Waals surface area (Å²) in [6, 6.07) is 18.1. The van der Waals surface area contributed by atoms with Crippen LogP contribution in [-0.4, -0.2) is 37.2 Å². The lowest BCUT2D eigenvalue weighted by molar-refractivity contribution is 0.102. The fourth-order valence-corrected chi connectivity index (χ4v) is 4.66. The Kier molecular flexibility index (Phi) is 5.17. The Morgan fingerprint density at radius 2 is 1.83 bits per heavy atom. The summed E-state index contributed by atoms with van der Waals surface area (Å²) in [6.45, 7) is 3.28. The van der Waals surface area contributed by atoms with Gasteiger partial charge in [-0.2, -0.15) is 0 Å². The third-order valence-corrected chi connectivity index (χ3v) is 6.26. The smallest absolute Gasteiger partial charge is 0.257 e. The molecule has 4 aromatic rings. The second-order valence-electron chi connectivity index (χ2n) is 7.21. The standard InChI is InChI=1S/C24H21N3O2S/c28-24(26-19-5-7-20(8-6-19)27-9-11-29-12-10-27)18-13-17(14-25-15-18)22-16-30-23-4-2-1-3-21(22)23/h1-8,13-16H,9-12H2,(H,26,28). The van der Waals surface area contributed by atoms with Gasteiger partial charge in [-0.1, -0.05) is 18.2 Å². The van der Waals surface area contributed by atoms with Crippen LogP contribution in [0.3, 0.4) is 0 Å². The van der Waals surface area contributed by atoms with Crippen molar-refractivity contribution in [2.45, 2.75) is 0 Å².